The van der Waals surface area contributed by atoms with Gasteiger partial charge in [-0.15, -0.1) is 0 Å². The van der Waals surface area contributed by atoms with Crippen LogP contribution in [0.2, 0.25) is 0 Å². The van der Waals surface area contributed by atoms with Gasteiger partial charge in [-0.2, -0.15) is 5.26 Å². The fourth-order valence-electron chi connectivity index (χ4n) is 7.22. The fourth-order valence-corrected chi connectivity index (χ4v) is 7.22. The Labute approximate surface area is 271 Å². The number of pyridine rings is 1. The molecule has 2 fully saturated rings. The number of hydrogen-bond donors (Lipinski definition) is 3. The Morgan fingerprint density at radius 2 is 1.98 bits per heavy atom. The number of aliphatic hydroxyl groups is 1. The second-order valence-electron chi connectivity index (χ2n) is 13.4. The van der Waals surface area contributed by atoms with Crippen LogP contribution in [0.15, 0.2) is 60.8 Å². The zero-order chi connectivity index (χ0) is 32.3. The number of aromatic nitrogens is 1. The van der Waals surface area contributed by atoms with Gasteiger partial charge in [-0.3, -0.25) is 14.6 Å². The van der Waals surface area contributed by atoms with Gasteiger partial charge in [-0.1, -0.05) is 42.3 Å². The largest absolute Gasteiger partial charge is 0.390 e. The van der Waals surface area contributed by atoms with E-state index in [0.29, 0.717) is 24.1 Å². The lowest BCUT2D eigenvalue weighted by Gasteiger charge is -2.48. The van der Waals surface area contributed by atoms with E-state index < -0.39 is 18.2 Å². The van der Waals surface area contributed by atoms with Crippen LogP contribution in [0.4, 0.5) is 0 Å². The summed E-state index contributed by atoms with van der Waals surface area (Å²) in [4.78, 5) is 33.3. The Balaban J connectivity index is 1.16. The van der Waals surface area contributed by atoms with E-state index in [9.17, 15) is 20.0 Å². The number of nitrogens with one attached hydrogen (secondary N) is 2. The van der Waals surface area contributed by atoms with Gasteiger partial charge in [-0.05, 0) is 92.3 Å². The number of fused-ring (bicyclic) bond motifs is 1. The van der Waals surface area contributed by atoms with Gasteiger partial charge >= 0.3 is 0 Å². The molecule has 2 heterocycles. The number of nitriles is 1. The molecular weight excluding hydrogens is 578 g/mol. The van der Waals surface area contributed by atoms with Crippen LogP contribution >= 0.6 is 0 Å². The van der Waals surface area contributed by atoms with Crippen LogP contribution in [0.25, 0.3) is 0 Å². The molecule has 2 amide bonds. The molecule has 1 aromatic heterocycles. The molecule has 9 nitrogen and oxygen atoms in total. The summed E-state index contributed by atoms with van der Waals surface area (Å²) in [5, 5.41) is 27.8. The van der Waals surface area contributed by atoms with Gasteiger partial charge in [0.15, 0.2) is 6.10 Å². The first kappa shape index (κ1) is 31.9. The number of benzene rings is 2. The Kier molecular flexibility index (Phi) is 9.50. The van der Waals surface area contributed by atoms with Crippen molar-refractivity contribution in [2.75, 3.05) is 26.2 Å². The monoisotopic (exact) mass is 621 g/mol. The first-order chi connectivity index (χ1) is 22.2. The van der Waals surface area contributed by atoms with E-state index >= 15 is 0 Å². The first-order valence-electron chi connectivity index (χ1n) is 16.4. The Morgan fingerprint density at radius 1 is 1.15 bits per heavy atom. The van der Waals surface area contributed by atoms with Gasteiger partial charge < -0.3 is 25.4 Å². The summed E-state index contributed by atoms with van der Waals surface area (Å²) < 4.78 is 5.84. The zero-order valence-electron chi connectivity index (χ0n) is 26.7. The number of carbonyl (C=O) groups is 2. The van der Waals surface area contributed by atoms with Gasteiger partial charge in [0.25, 0.3) is 11.8 Å². The highest BCUT2D eigenvalue weighted by atomic mass is 16.5. The zero-order valence-corrected chi connectivity index (χ0v) is 26.7. The maximum atomic E-state index is 13.7. The molecule has 1 saturated heterocycles. The van der Waals surface area contributed by atoms with Crippen LogP contribution in [0.5, 0.6) is 0 Å². The number of morpholine rings is 1. The molecule has 6 rings (SSSR count). The Hall–Kier alpha value is -4.10. The van der Waals surface area contributed by atoms with Gasteiger partial charge in [0.05, 0.1) is 36.9 Å². The number of rotatable bonds is 9. The van der Waals surface area contributed by atoms with Crippen molar-refractivity contribution in [2.45, 2.75) is 76.7 Å². The number of aryl methyl sites for hydroxylation is 2. The molecule has 3 N–H and O–H groups in total. The van der Waals surface area contributed by atoms with E-state index in [0.717, 1.165) is 35.2 Å². The molecule has 2 aromatic carbocycles. The van der Waals surface area contributed by atoms with Gasteiger partial charge in [0, 0.05) is 36.6 Å². The molecule has 0 bridgehead atoms. The average molecular weight is 622 g/mol. The van der Waals surface area contributed by atoms with Crippen molar-refractivity contribution in [3.8, 4) is 6.07 Å². The standard InChI is InChI=1S/C37H43N5O4/c1-24-6-3-9-28(14-24)36(45)42-12-13-46-34(23-42)35(44)41-30(17-26-7-4-8-27(16-26)20-38)33(43)22-40-32-19-37(10-5-11-37)18-31-29(32)15-25(2)21-39-31/h3-4,6-9,14-16,21,30,32-34,40,43H,5,10-13,17-19,22-23H2,1-2H3,(H,41,44)/t30-,32-,33-,34-/m0/s1. The molecule has 1 aliphatic heterocycles. The van der Waals surface area contributed by atoms with Gasteiger partial charge in [-0.25, -0.2) is 0 Å². The van der Waals surface area contributed by atoms with Crippen molar-refractivity contribution in [1.82, 2.24) is 20.5 Å². The summed E-state index contributed by atoms with van der Waals surface area (Å²) >= 11 is 0. The van der Waals surface area contributed by atoms with E-state index in [4.69, 9.17) is 9.72 Å². The van der Waals surface area contributed by atoms with Crippen molar-refractivity contribution in [3.05, 3.63) is 99.9 Å². The van der Waals surface area contributed by atoms with E-state index in [1.807, 2.05) is 43.5 Å². The summed E-state index contributed by atoms with van der Waals surface area (Å²) in [6, 6.07) is 18.4. The van der Waals surface area contributed by atoms with E-state index in [2.05, 4.69) is 29.7 Å². The van der Waals surface area contributed by atoms with Crippen molar-refractivity contribution in [1.29, 1.82) is 5.26 Å². The molecule has 3 aromatic rings. The maximum absolute atomic E-state index is 13.7. The third-order valence-corrected chi connectivity index (χ3v) is 9.90. The number of carbonyl (C=O) groups excluding carboxylic acids is 2. The molecule has 46 heavy (non-hydrogen) atoms. The minimum atomic E-state index is -0.927. The summed E-state index contributed by atoms with van der Waals surface area (Å²) in [6.45, 7) is 5.01. The molecule has 3 aliphatic rings. The van der Waals surface area contributed by atoms with Crippen LogP contribution in [-0.4, -0.2) is 71.3 Å². The summed E-state index contributed by atoms with van der Waals surface area (Å²) in [7, 11) is 0. The normalized spacial score (nSPS) is 21.4. The third kappa shape index (κ3) is 7.15. The van der Waals surface area contributed by atoms with E-state index in [-0.39, 0.29) is 43.0 Å². The molecule has 0 unspecified atom stereocenters. The van der Waals surface area contributed by atoms with Crippen LogP contribution in [0, 0.1) is 30.6 Å². The van der Waals surface area contributed by atoms with Crippen LogP contribution in [-0.2, 0) is 22.4 Å². The van der Waals surface area contributed by atoms with Gasteiger partial charge in [0.2, 0.25) is 0 Å². The molecule has 9 heteroatoms. The van der Waals surface area contributed by atoms with Crippen molar-refractivity contribution >= 4 is 11.8 Å². The lowest BCUT2D eigenvalue weighted by atomic mass is 9.59. The first-order valence-corrected chi connectivity index (χ1v) is 16.4. The summed E-state index contributed by atoms with van der Waals surface area (Å²) in [5.41, 5.74) is 6.64. The lowest BCUT2D eigenvalue weighted by molar-refractivity contribution is -0.138. The molecule has 1 saturated carbocycles. The second kappa shape index (κ2) is 13.7. The molecular formula is C37H43N5O4. The van der Waals surface area contributed by atoms with Crippen LogP contribution in [0.1, 0.15) is 75.6 Å². The van der Waals surface area contributed by atoms with Crippen molar-refractivity contribution in [3.63, 3.8) is 0 Å². The number of nitrogens with zero attached hydrogens (tertiary/aromatic N) is 3. The average Bonchev–Trinajstić information content (AvgIpc) is 3.05. The molecule has 4 atom stereocenters. The third-order valence-electron chi connectivity index (χ3n) is 9.90. The van der Waals surface area contributed by atoms with E-state index in [1.54, 1.807) is 23.1 Å². The molecule has 240 valence electrons. The molecule has 0 radical (unpaired) electrons. The Morgan fingerprint density at radius 3 is 2.74 bits per heavy atom. The minimum absolute atomic E-state index is 0.0623. The predicted molar refractivity (Wildman–Crippen MR) is 174 cm³/mol. The number of hydrogen-bond acceptors (Lipinski definition) is 7. The number of aliphatic hydroxyl groups excluding tert-OH is 1. The summed E-state index contributed by atoms with van der Waals surface area (Å²) in [6.07, 6.45) is 6.10. The van der Waals surface area contributed by atoms with Gasteiger partial charge in [0.1, 0.15) is 0 Å². The SMILES string of the molecule is Cc1cccc(C(=O)N2CCO[C@H](C(=O)N[C@@H](Cc3cccc(C#N)c3)[C@@H](O)CN[C@H]3CC4(CCC4)Cc4ncc(C)cc43)C2)c1. The highest BCUT2D eigenvalue weighted by molar-refractivity contribution is 5.95. The smallest absolute Gasteiger partial charge is 0.254 e. The molecule has 2 aliphatic carbocycles. The van der Waals surface area contributed by atoms with Crippen molar-refractivity contribution in [2.24, 2.45) is 5.41 Å². The van der Waals surface area contributed by atoms with Crippen molar-refractivity contribution < 1.29 is 19.4 Å². The van der Waals surface area contributed by atoms with Crippen LogP contribution in [0.3, 0.4) is 0 Å². The highest BCUT2D eigenvalue weighted by Gasteiger charge is 2.44. The number of ether oxygens (including phenoxy) is 1. The number of amides is 2. The topological polar surface area (TPSA) is 128 Å². The minimum Gasteiger partial charge on any atom is -0.390 e. The molecule has 1 spiro atoms. The second-order valence-corrected chi connectivity index (χ2v) is 13.4. The summed E-state index contributed by atoms with van der Waals surface area (Å²) in [5.74, 6) is -0.515. The maximum Gasteiger partial charge on any atom is 0.254 e. The van der Waals surface area contributed by atoms with E-state index in [1.165, 1.54) is 24.8 Å². The van der Waals surface area contributed by atoms with Crippen LogP contribution < -0.4 is 10.6 Å². The fraction of sp³-hybridized carbons (Fsp3) is 0.459. The highest BCUT2D eigenvalue weighted by Crippen LogP contribution is 2.53. The Bertz CT molecular complexity index is 1630. The quantitative estimate of drug-likeness (QED) is 0.330. The predicted octanol–water partition coefficient (Wildman–Crippen LogP) is 3.95. The lowest BCUT2D eigenvalue weighted by Crippen LogP contribution is -2.56.